The van der Waals surface area contributed by atoms with Crippen molar-refractivity contribution in [3.8, 4) is 0 Å². The number of nitrogens with one attached hydrogen (secondary N) is 1. The van der Waals surface area contributed by atoms with Gasteiger partial charge in [-0.05, 0) is 37.6 Å². The maximum Gasteiger partial charge on any atom is 0.0953 e. The van der Waals surface area contributed by atoms with Gasteiger partial charge in [-0.1, -0.05) is 37.6 Å². The predicted molar refractivity (Wildman–Crippen MR) is 73.5 cm³/mol. The smallest absolute Gasteiger partial charge is 0.0953 e. The Labute approximate surface area is 109 Å². The Morgan fingerprint density at radius 1 is 1.29 bits per heavy atom. The normalized spacial score (nSPS) is 14.9. The zero-order chi connectivity index (χ0) is 12.8. The van der Waals surface area contributed by atoms with E-state index in [9.17, 15) is 0 Å². The molecular weight excluding hydrogens is 234 g/mol. The molecule has 96 valence electrons. The van der Waals surface area contributed by atoms with Crippen molar-refractivity contribution in [3.05, 3.63) is 34.9 Å². The molecule has 2 unspecified atom stereocenters. The number of hydrogen-bond donors (Lipinski definition) is 1. The minimum absolute atomic E-state index is 0.0519. The van der Waals surface area contributed by atoms with Gasteiger partial charge in [0.05, 0.1) is 12.2 Å². The molecule has 1 N–H and O–H groups in total. The van der Waals surface area contributed by atoms with Crippen LogP contribution in [0.5, 0.6) is 0 Å². The Morgan fingerprint density at radius 2 is 2.00 bits per heavy atom. The monoisotopic (exact) mass is 255 g/mol. The molecule has 0 bridgehead atoms. The first-order valence-electron chi connectivity index (χ1n) is 6.10. The third kappa shape index (κ3) is 4.66. The highest BCUT2D eigenvalue weighted by Gasteiger charge is 2.17. The van der Waals surface area contributed by atoms with Crippen molar-refractivity contribution in [2.75, 3.05) is 13.6 Å². The lowest BCUT2D eigenvalue weighted by Crippen LogP contribution is -2.26. The van der Waals surface area contributed by atoms with Gasteiger partial charge >= 0.3 is 0 Å². The van der Waals surface area contributed by atoms with Gasteiger partial charge in [0.15, 0.2) is 0 Å². The SMILES string of the molecule is CNCC(OC(C)C(C)C)c1cccc(Cl)c1. The average molecular weight is 256 g/mol. The molecule has 17 heavy (non-hydrogen) atoms. The minimum Gasteiger partial charge on any atom is -0.369 e. The standard InChI is InChI=1S/C14H22ClNO/c1-10(2)11(3)17-14(9-16-4)12-6-5-7-13(15)8-12/h5-8,10-11,14,16H,9H2,1-4H3. The fourth-order valence-corrected chi connectivity index (χ4v) is 1.75. The molecule has 2 atom stereocenters. The average Bonchev–Trinajstić information content (AvgIpc) is 2.28. The number of ether oxygens (including phenoxy) is 1. The molecule has 2 nitrogen and oxygen atoms in total. The van der Waals surface area contributed by atoms with Crippen LogP contribution >= 0.6 is 11.6 Å². The summed E-state index contributed by atoms with van der Waals surface area (Å²) in [7, 11) is 1.93. The topological polar surface area (TPSA) is 21.3 Å². The van der Waals surface area contributed by atoms with Crippen molar-refractivity contribution in [1.29, 1.82) is 0 Å². The summed E-state index contributed by atoms with van der Waals surface area (Å²) < 4.78 is 6.07. The number of likely N-dealkylation sites (N-methyl/N-ethyl adjacent to an activating group) is 1. The van der Waals surface area contributed by atoms with E-state index in [1.165, 1.54) is 0 Å². The van der Waals surface area contributed by atoms with E-state index in [0.29, 0.717) is 5.92 Å². The van der Waals surface area contributed by atoms with Crippen LogP contribution in [0.2, 0.25) is 5.02 Å². The van der Waals surface area contributed by atoms with Crippen molar-refractivity contribution in [2.24, 2.45) is 5.92 Å². The van der Waals surface area contributed by atoms with Crippen LogP contribution in [0.4, 0.5) is 0 Å². The molecule has 0 aliphatic heterocycles. The van der Waals surface area contributed by atoms with Gasteiger partial charge in [0.2, 0.25) is 0 Å². The summed E-state index contributed by atoms with van der Waals surface area (Å²) >= 11 is 6.01. The lowest BCUT2D eigenvalue weighted by atomic mass is 10.1. The summed E-state index contributed by atoms with van der Waals surface area (Å²) in [6.45, 7) is 7.23. The van der Waals surface area contributed by atoms with Gasteiger partial charge in [-0.25, -0.2) is 0 Å². The lowest BCUT2D eigenvalue weighted by molar-refractivity contribution is -0.0251. The van der Waals surface area contributed by atoms with Gasteiger partial charge in [0.25, 0.3) is 0 Å². The molecule has 0 heterocycles. The molecule has 0 saturated heterocycles. The van der Waals surface area contributed by atoms with Crippen LogP contribution in [0.3, 0.4) is 0 Å². The molecule has 0 aromatic heterocycles. The van der Waals surface area contributed by atoms with Crippen LogP contribution in [0.25, 0.3) is 0 Å². The summed E-state index contributed by atoms with van der Waals surface area (Å²) in [6, 6.07) is 7.87. The van der Waals surface area contributed by atoms with Crippen molar-refractivity contribution < 1.29 is 4.74 Å². The van der Waals surface area contributed by atoms with Gasteiger partial charge in [-0.15, -0.1) is 0 Å². The molecular formula is C14H22ClNO. The molecule has 0 spiro atoms. The summed E-state index contributed by atoms with van der Waals surface area (Å²) in [5, 5.41) is 3.92. The van der Waals surface area contributed by atoms with E-state index in [-0.39, 0.29) is 12.2 Å². The molecule has 0 aliphatic rings. The van der Waals surface area contributed by atoms with Crippen LogP contribution in [-0.2, 0) is 4.74 Å². The number of benzene rings is 1. The minimum atomic E-state index is 0.0519. The predicted octanol–water partition coefficient (Wildman–Crippen LogP) is 3.66. The Balaban J connectivity index is 2.78. The Kier molecular flexibility index (Phi) is 5.96. The highest BCUT2D eigenvalue weighted by Crippen LogP contribution is 2.23. The molecule has 0 saturated carbocycles. The number of hydrogen-bond acceptors (Lipinski definition) is 2. The first-order chi connectivity index (χ1) is 8.04. The number of halogens is 1. The van der Waals surface area contributed by atoms with Crippen molar-refractivity contribution in [2.45, 2.75) is 33.0 Å². The van der Waals surface area contributed by atoms with Gasteiger partial charge in [0.1, 0.15) is 0 Å². The summed E-state index contributed by atoms with van der Waals surface area (Å²) in [5.41, 5.74) is 1.12. The fraction of sp³-hybridized carbons (Fsp3) is 0.571. The van der Waals surface area contributed by atoms with Crippen molar-refractivity contribution in [1.82, 2.24) is 5.32 Å². The highest BCUT2D eigenvalue weighted by atomic mass is 35.5. The maximum atomic E-state index is 6.07. The quantitative estimate of drug-likeness (QED) is 0.838. The summed E-state index contributed by atoms with van der Waals surface area (Å²) in [5.74, 6) is 0.508. The molecule has 3 heteroatoms. The Morgan fingerprint density at radius 3 is 2.53 bits per heavy atom. The van der Waals surface area contributed by atoms with E-state index >= 15 is 0 Å². The van der Waals surface area contributed by atoms with Crippen LogP contribution in [-0.4, -0.2) is 19.7 Å². The van der Waals surface area contributed by atoms with E-state index in [4.69, 9.17) is 16.3 Å². The Bertz CT molecular complexity index is 341. The lowest BCUT2D eigenvalue weighted by Gasteiger charge is -2.25. The van der Waals surface area contributed by atoms with Crippen molar-refractivity contribution >= 4 is 11.6 Å². The van der Waals surface area contributed by atoms with Gasteiger partial charge in [-0.3, -0.25) is 0 Å². The van der Waals surface area contributed by atoms with E-state index in [1.807, 2.05) is 25.2 Å². The summed E-state index contributed by atoms with van der Waals surface area (Å²) in [4.78, 5) is 0. The first-order valence-corrected chi connectivity index (χ1v) is 6.48. The second-order valence-electron chi connectivity index (χ2n) is 4.69. The fourth-order valence-electron chi connectivity index (χ4n) is 1.55. The second-order valence-corrected chi connectivity index (χ2v) is 5.12. The van der Waals surface area contributed by atoms with E-state index in [0.717, 1.165) is 17.1 Å². The van der Waals surface area contributed by atoms with Crippen LogP contribution < -0.4 is 5.32 Å². The molecule has 0 amide bonds. The van der Waals surface area contributed by atoms with Crippen LogP contribution in [0.1, 0.15) is 32.4 Å². The van der Waals surface area contributed by atoms with E-state index < -0.39 is 0 Å². The molecule has 1 aromatic carbocycles. The molecule has 1 rings (SSSR count). The van der Waals surface area contributed by atoms with E-state index in [2.05, 4.69) is 32.2 Å². The molecule has 0 fully saturated rings. The molecule has 1 aromatic rings. The first kappa shape index (κ1) is 14.5. The molecule has 0 aliphatic carbocycles. The van der Waals surface area contributed by atoms with Crippen molar-refractivity contribution in [3.63, 3.8) is 0 Å². The van der Waals surface area contributed by atoms with Crippen LogP contribution in [0, 0.1) is 5.92 Å². The third-order valence-corrected chi connectivity index (χ3v) is 3.16. The van der Waals surface area contributed by atoms with E-state index in [1.54, 1.807) is 0 Å². The molecule has 0 radical (unpaired) electrons. The third-order valence-electron chi connectivity index (χ3n) is 2.93. The highest BCUT2D eigenvalue weighted by molar-refractivity contribution is 6.30. The maximum absolute atomic E-state index is 6.07. The summed E-state index contributed by atoms with van der Waals surface area (Å²) in [6.07, 6.45) is 0.281. The van der Waals surface area contributed by atoms with Gasteiger partial charge in [0, 0.05) is 11.6 Å². The Hall–Kier alpha value is -0.570. The second kappa shape index (κ2) is 7.00. The number of rotatable bonds is 6. The van der Waals surface area contributed by atoms with Crippen LogP contribution in [0.15, 0.2) is 24.3 Å². The zero-order valence-electron chi connectivity index (χ0n) is 11.0. The van der Waals surface area contributed by atoms with Gasteiger partial charge in [-0.2, -0.15) is 0 Å². The largest absolute Gasteiger partial charge is 0.369 e. The van der Waals surface area contributed by atoms with Gasteiger partial charge < -0.3 is 10.1 Å². The zero-order valence-corrected chi connectivity index (χ0v) is 11.8.